The van der Waals surface area contributed by atoms with Crippen LogP contribution >= 0.6 is 0 Å². The Labute approximate surface area is 214 Å². The Bertz CT molecular complexity index is 653. The summed E-state index contributed by atoms with van der Waals surface area (Å²) in [6.07, 6.45) is 28.7. The van der Waals surface area contributed by atoms with Gasteiger partial charge in [-0.15, -0.1) is 0 Å². The van der Waals surface area contributed by atoms with Crippen LogP contribution < -0.4 is 0 Å². The van der Waals surface area contributed by atoms with Gasteiger partial charge in [-0.3, -0.25) is 4.79 Å². The van der Waals surface area contributed by atoms with Gasteiger partial charge in [-0.25, -0.2) is 4.79 Å². The van der Waals surface area contributed by atoms with Crippen LogP contribution in [0.3, 0.4) is 0 Å². The first kappa shape index (κ1) is 31.0. The third-order valence-corrected chi connectivity index (χ3v) is 6.46. The maximum atomic E-state index is 12.2. The normalized spacial score (nSPS) is 11.3. The van der Waals surface area contributed by atoms with E-state index in [-0.39, 0.29) is 18.3 Å². The summed E-state index contributed by atoms with van der Waals surface area (Å²) in [6, 6.07) is 3.21. The van der Waals surface area contributed by atoms with Crippen molar-refractivity contribution in [2.75, 3.05) is 20.2 Å². The van der Waals surface area contributed by atoms with Gasteiger partial charge in [-0.2, -0.15) is 0 Å². The minimum absolute atomic E-state index is 0.111. The van der Waals surface area contributed by atoms with Crippen LogP contribution in [0, 0.1) is 0 Å². The number of carbonyl (C=O) groups excluding carboxylic acids is 2. The zero-order valence-corrected chi connectivity index (χ0v) is 22.6. The second-order valence-corrected chi connectivity index (χ2v) is 9.68. The van der Waals surface area contributed by atoms with Crippen LogP contribution in [-0.4, -0.2) is 37.0 Å². The van der Waals surface area contributed by atoms with E-state index in [0.29, 0.717) is 13.0 Å². The lowest BCUT2D eigenvalue weighted by Gasteiger charge is -2.16. The van der Waals surface area contributed by atoms with E-state index >= 15 is 0 Å². The first-order chi connectivity index (χ1) is 17.1. The van der Waals surface area contributed by atoms with E-state index in [9.17, 15) is 9.59 Å². The molecule has 0 saturated carbocycles. The number of unbranched alkanes of at least 4 members (excludes halogenated alkanes) is 15. The number of carbonyl (C=O) groups is 2. The fraction of sp³-hybridized carbons (Fsp3) is 0.733. The Morgan fingerprint density at radius 1 is 0.829 bits per heavy atom. The van der Waals surface area contributed by atoms with Crippen LogP contribution in [0.2, 0.25) is 0 Å². The Hall–Kier alpha value is -2.04. The lowest BCUT2D eigenvalue weighted by atomic mass is 10.1. The first-order valence-electron chi connectivity index (χ1n) is 14.2. The van der Waals surface area contributed by atoms with Crippen LogP contribution in [0.1, 0.15) is 133 Å². The molecule has 1 rings (SSSR count). The highest BCUT2D eigenvalue weighted by Crippen LogP contribution is 2.13. The van der Waals surface area contributed by atoms with Crippen molar-refractivity contribution in [3.8, 4) is 0 Å². The Balaban J connectivity index is 1.82. The summed E-state index contributed by atoms with van der Waals surface area (Å²) in [5.41, 5.74) is 0. The largest absolute Gasteiger partial charge is 0.458 e. The number of hydrogen-bond donors (Lipinski definition) is 0. The van der Waals surface area contributed by atoms with Crippen molar-refractivity contribution >= 4 is 11.9 Å². The van der Waals surface area contributed by atoms with Crippen LogP contribution in [-0.2, 0) is 9.53 Å². The highest BCUT2D eigenvalue weighted by atomic mass is 16.5. The van der Waals surface area contributed by atoms with Gasteiger partial charge in [0.2, 0.25) is 11.7 Å². The number of furan rings is 1. The number of amides is 1. The van der Waals surface area contributed by atoms with Crippen LogP contribution in [0.5, 0.6) is 0 Å². The molecule has 0 aliphatic heterocycles. The fourth-order valence-corrected chi connectivity index (χ4v) is 4.11. The summed E-state index contributed by atoms with van der Waals surface area (Å²) in [4.78, 5) is 25.5. The fourth-order valence-electron chi connectivity index (χ4n) is 4.11. The molecular formula is C30H51NO4. The van der Waals surface area contributed by atoms with Gasteiger partial charge in [0.1, 0.15) is 6.61 Å². The van der Waals surface area contributed by atoms with E-state index in [1.807, 2.05) is 0 Å². The van der Waals surface area contributed by atoms with E-state index in [1.54, 1.807) is 24.1 Å². The summed E-state index contributed by atoms with van der Waals surface area (Å²) < 4.78 is 10.1. The molecule has 0 atom stereocenters. The molecule has 0 N–H and O–H groups in total. The van der Waals surface area contributed by atoms with Crippen molar-refractivity contribution in [3.63, 3.8) is 0 Å². The molecule has 35 heavy (non-hydrogen) atoms. The van der Waals surface area contributed by atoms with Crippen molar-refractivity contribution < 1.29 is 18.7 Å². The maximum Gasteiger partial charge on any atom is 0.374 e. The molecule has 0 unspecified atom stereocenters. The average Bonchev–Trinajstić information content (AvgIpc) is 3.40. The summed E-state index contributed by atoms with van der Waals surface area (Å²) in [6.45, 7) is 2.85. The van der Waals surface area contributed by atoms with E-state index in [1.165, 1.54) is 103 Å². The monoisotopic (exact) mass is 489 g/mol. The molecule has 1 heterocycles. The molecule has 0 radical (unpaired) electrons. The third kappa shape index (κ3) is 18.0. The van der Waals surface area contributed by atoms with Crippen molar-refractivity contribution in [1.29, 1.82) is 0 Å². The molecule has 5 nitrogen and oxygen atoms in total. The Morgan fingerprint density at radius 2 is 1.37 bits per heavy atom. The van der Waals surface area contributed by atoms with E-state index < -0.39 is 5.97 Å². The third-order valence-electron chi connectivity index (χ3n) is 6.46. The lowest BCUT2D eigenvalue weighted by Crippen LogP contribution is -2.30. The SMILES string of the molecule is CCCCCCCC/C=C\CCCCCCCCCCCC(=O)N(C)CCOC(=O)c1ccco1. The zero-order chi connectivity index (χ0) is 25.4. The van der Waals surface area contributed by atoms with Gasteiger partial charge in [0.15, 0.2) is 0 Å². The van der Waals surface area contributed by atoms with Crippen molar-refractivity contribution in [1.82, 2.24) is 4.90 Å². The molecule has 0 saturated heterocycles. The number of rotatable bonds is 23. The van der Waals surface area contributed by atoms with Crippen molar-refractivity contribution in [3.05, 3.63) is 36.3 Å². The van der Waals surface area contributed by atoms with Gasteiger partial charge in [0, 0.05) is 13.5 Å². The molecule has 0 spiro atoms. The Kier molecular flexibility index (Phi) is 19.9. The van der Waals surface area contributed by atoms with Crippen LogP contribution in [0.4, 0.5) is 0 Å². The van der Waals surface area contributed by atoms with E-state index in [0.717, 1.165) is 12.8 Å². The lowest BCUT2D eigenvalue weighted by molar-refractivity contribution is -0.130. The van der Waals surface area contributed by atoms with Gasteiger partial charge < -0.3 is 14.1 Å². The second kappa shape index (κ2) is 22.4. The summed E-state index contributed by atoms with van der Waals surface area (Å²) in [5.74, 6) is -0.197. The van der Waals surface area contributed by atoms with Crippen LogP contribution in [0.15, 0.2) is 35.0 Å². The van der Waals surface area contributed by atoms with Gasteiger partial charge >= 0.3 is 5.97 Å². The molecule has 0 fully saturated rings. The number of hydrogen-bond acceptors (Lipinski definition) is 4. The number of likely N-dealkylation sites (N-methyl/N-ethyl adjacent to an activating group) is 1. The minimum Gasteiger partial charge on any atom is -0.458 e. The molecule has 0 aliphatic carbocycles. The zero-order valence-electron chi connectivity index (χ0n) is 22.6. The van der Waals surface area contributed by atoms with Gasteiger partial charge in [-0.05, 0) is 44.2 Å². The second-order valence-electron chi connectivity index (χ2n) is 9.68. The minimum atomic E-state index is -0.494. The quantitative estimate of drug-likeness (QED) is 0.0878. The van der Waals surface area contributed by atoms with Crippen molar-refractivity contribution in [2.45, 2.75) is 122 Å². The number of esters is 1. The number of nitrogens with zero attached hydrogens (tertiary/aromatic N) is 1. The highest BCUT2D eigenvalue weighted by Gasteiger charge is 2.12. The van der Waals surface area contributed by atoms with Gasteiger partial charge in [-0.1, -0.05) is 96.1 Å². The summed E-state index contributed by atoms with van der Waals surface area (Å²) in [7, 11) is 1.76. The molecule has 200 valence electrons. The topological polar surface area (TPSA) is 59.8 Å². The molecular weight excluding hydrogens is 438 g/mol. The predicted octanol–water partition coefficient (Wildman–Crippen LogP) is 8.49. The molecule has 0 bridgehead atoms. The number of allylic oxidation sites excluding steroid dienone is 2. The molecule has 5 heteroatoms. The maximum absolute atomic E-state index is 12.2. The number of ether oxygens (including phenoxy) is 1. The van der Waals surface area contributed by atoms with Gasteiger partial charge in [0.05, 0.1) is 12.8 Å². The smallest absolute Gasteiger partial charge is 0.374 e. The molecule has 0 aromatic carbocycles. The molecule has 1 aromatic rings. The highest BCUT2D eigenvalue weighted by molar-refractivity contribution is 5.86. The molecule has 1 aromatic heterocycles. The summed E-state index contributed by atoms with van der Waals surface area (Å²) >= 11 is 0. The Morgan fingerprint density at radius 3 is 1.91 bits per heavy atom. The van der Waals surface area contributed by atoms with E-state index in [2.05, 4.69) is 19.1 Å². The molecule has 1 amide bonds. The van der Waals surface area contributed by atoms with Crippen molar-refractivity contribution in [2.24, 2.45) is 0 Å². The first-order valence-corrected chi connectivity index (χ1v) is 14.2. The summed E-state index contributed by atoms with van der Waals surface area (Å²) in [5, 5.41) is 0. The van der Waals surface area contributed by atoms with E-state index in [4.69, 9.17) is 9.15 Å². The van der Waals surface area contributed by atoms with Gasteiger partial charge in [0.25, 0.3) is 0 Å². The van der Waals surface area contributed by atoms with Crippen LogP contribution in [0.25, 0.3) is 0 Å². The predicted molar refractivity (Wildman–Crippen MR) is 145 cm³/mol. The molecule has 0 aliphatic rings. The standard InChI is InChI=1S/C30H51NO4/c1-3-4-5-6-7-8-9-10-11-12-13-14-15-16-17-18-19-20-21-24-29(32)31(2)25-27-35-30(33)28-23-22-26-34-28/h10-11,22-23,26H,3-9,12-21,24-25,27H2,1-2H3/b11-10-. The average molecular weight is 490 g/mol.